The number of hydrogen-bond donors (Lipinski definition) is 0. The Balaban J connectivity index is 2.42. The van der Waals surface area contributed by atoms with Gasteiger partial charge in [0.25, 0.3) is 5.91 Å². The van der Waals surface area contributed by atoms with Crippen LogP contribution in [0.25, 0.3) is 0 Å². The van der Waals surface area contributed by atoms with Gasteiger partial charge in [-0.3, -0.25) is 4.79 Å². The summed E-state index contributed by atoms with van der Waals surface area (Å²) in [4.78, 5) is 15.1. The largest absolute Gasteiger partial charge is 0.497 e. The number of carbonyl (C=O) groups excluding carboxylic acids is 1. The van der Waals surface area contributed by atoms with E-state index in [0.717, 1.165) is 12.7 Å². The lowest BCUT2D eigenvalue weighted by molar-refractivity contribution is 0.0668. The molecule has 0 N–H and O–H groups in total. The number of ether oxygens (including phenoxy) is 3. The number of nitrogens with zero attached hydrogens (tertiary/aromatic N) is 1. The lowest BCUT2D eigenvalue weighted by atomic mass is 10.1. The summed E-state index contributed by atoms with van der Waals surface area (Å²) in [6, 6.07) is 9.89. The van der Waals surface area contributed by atoms with Crippen LogP contribution in [0.3, 0.4) is 0 Å². The summed E-state index contributed by atoms with van der Waals surface area (Å²) < 4.78 is 44.1. The van der Waals surface area contributed by atoms with Crippen LogP contribution in [0.5, 0.6) is 23.0 Å². The lowest BCUT2D eigenvalue weighted by Crippen LogP contribution is -2.38. The fourth-order valence-electron chi connectivity index (χ4n) is 3.02. The first kappa shape index (κ1) is 24.3. The molecule has 1 amide bonds. The Bertz CT molecular complexity index is 1020. The van der Waals surface area contributed by atoms with Crippen molar-refractivity contribution in [1.29, 1.82) is 0 Å². The second-order valence-corrected chi connectivity index (χ2v) is 8.60. The summed E-state index contributed by atoms with van der Waals surface area (Å²) >= 11 is 0. The van der Waals surface area contributed by atoms with Crippen molar-refractivity contribution >= 4 is 16.0 Å². The van der Waals surface area contributed by atoms with Crippen molar-refractivity contribution in [3.05, 3.63) is 47.5 Å². The van der Waals surface area contributed by atoms with Crippen LogP contribution in [0.4, 0.5) is 0 Å². The molecule has 2 aromatic carbocycles. The Labute approximate surface area is 183 Å². The third kappa shape index (κ3) is 6.27. The molecule has 0 aromatic heterocycles. The zero-order chi connectivity index (χ0) is 23.2. The van der Waals surface area contributed by atoms with Crippen LogP contribution in [0.2, 0.25) is 0 Å². The van der Waals surface area contributed by atoms with Crippen molar-refractivity contribution in [3.8, 4) is 23.0 Å². The predicted molar refractivity (Wildman–Crippen MR) is 118 cm³/mol. The van der Waals surface area contributed by atoms with Gasteiger partial charge in [0, 0.05) is 18.7 Å². The van der Waals surface area contributed by atoms with Gasteiger partial charge >= 0.3 is 10.1 Å². The number of hydrogen-bond acceptors (Lipinski definition) is 7. The van der Waals surface area contributed by atoms with Crippen LogP contribution in [-0.2, 0) is 16.7 Å². The fourth-order valence-corrected chi connectivity index (χ4v) is 3.48. The zero-order valence-electron chi connectivity index (χ0n) is 18.7. The maximum Gasteiger partial charge on any atom is 0.306 e. The third-order valence-electron chi connectivity index (χ3n) is 4.84. The van der Waals surface area contributed by atoms with Crippen LogP contribution in [0.15, 0.2) is 36.4 Å². The van der Waals surface area contributed by atoms with Gasteiger partial charge in [-0.25, -0.2) is 0 Å². The number of amides is 1. The molecule has 0 spiro atoms. The van der Waals surface area contributed by atoms with Crippen LogP contribution in [0, 0.1) is 0 Å². The highest BCUT2D eigenvalue weighted by Crippen LogP contribution is 2.31. The minimum atomic E-state index is -3.74. The second-order valence-electron chi connectivity index (χ2n) is 7.03. The minimum absolute atomic E-state index is 0.0704. The smallest absolute Gasteiger partial charge is 0.306 e. The molecule has 0 radical (unpaired) electrons. The van der Waals surface area contributed by atoms with E-state index in [2.05, 4.69) is 0 Å². The highest BCUT2D eigenvalue weighted by atomic mass is 32.2. The third-order valence-corrected chi connectivity index (χ3v) is 5.33. The van der Waals surface area contributed by atoms with Crippen molar-refractivity contribution < 1.29 is 31.6 Å². The summed E-state index contributed by atoms with van der Waals surface area (Å²) in [7, 11) is 0.726. The monoisotopic (exact) mass is 451 g/mol. The van der Waals surface area contributed by atoms with Crippen molar-refractivity contribution in [2.24, 2.45) is 0 Å². The zero-order valence-corrected chi connectivity index (χ0v) is 19.5. The molecule has 9 heteroatoms. The molecule has 1 unspecified atom stereocenters. The summed E-state index contributed by atoms with van der Waals surface area (Å²) in [5, 5.41) is 0. The van der Waals surface area contributed by atoms with Crippen LogP contribution in [0.1, 0.15) is 36.2 Å². The quantitative estimate of drug-likeness (QED) is 0.511. The summed E-state index contributed by atoms with van der Waals surface area (Å²) in [5.74, 6) is 1.14. The average Bonchev–Trinajstić information content (AvgIpc) is 2.75. The average molecular weight is 452 g/mol. The first-order valence-corrected chi connectivity index (χ1v) is 11.5. The molecule has 8 nitrogen and oxygen atoms in total. The number of carbonyl (C=O) groups is 1. The first-order valence-electron chi connectivity index (χ1n) is 9.72. The summed E-state index contributed by atoms with van der Waals surface area (Å²) in [5.41, 5.74) is 1.10. The Morgan fingerprint density at radius 2 is 1.65 bits per heavy atom. The van der Waals surface area contributed by atoms with E-state index < -0.39 is 10.1 Å². The molecule has 0 heterocycles. The van der Waals surface area contributed by atoms with Crippen molar-refractivity contribution in [3.63, 3.8) is 0 Å². The van der Waals surface area contributed by atoms with Crippen molar-refractivity contribution in [1.82, 2.24) is 4.90 Å². The number of benzene rings is 2. The predicted octanol–water partition coefficient (Wildman–Crippen LogP) is 3.49. The number of methoxy groups -OCH3 is 3. The molecule has 0 saturated heterocycles. The van der Waals surface area contributed by atoms with Gasteiger partial charge in [0.05, 0.1) is 33.1 Å². The molecule has 0 aliphatic heterocycles. The molecule has 170 valence electrons. The molecule has 2 aromatic rings. The van der Waals surface area contributed by atoms with E-state index in [9.17, 15) is 13.2 Å². The molecule has 2 rings (SSSR count). The normalized spacial score (nSPS) is 12.1. The molecular weight excluding hydrogens is 422 g/mol. The van der Waals surface area contributed by atoms with Gasteiger partial charge in [-0.15, -0.1) is 0 Å². The molecule has 0 aliphatic carbocycles. The van der Waals surface area contributed by atoms with Gasteiger partial charge < -0.3 is 23.3 Å². The Kier molecular flexibility index (Phi) is 8.15. The van der Waals surface area contributed by atoms with E-state index >= 15 is 0 Å². The second kappa shape index (κ2) is 10.4. The molecular formula is C22H29NO7S. The van der Waals surface area contributed by atoms with Crippen LogP contribution < -0.4 is 18.4 Å². The molecule has 1 atom stereocenters. The van der Waals surface area contributed by atoms with Crippen molar-refractivity contribution in [2.45, 2.75) is 32.9 Å². The highest BCUT2D eigenvalue weighted by molar-refractivity contribution is 7.86. The summed E-state index contributed by atoms with van der Waals surface area (Å²) in [6.45, 7) is 4.18. The molecule has 31 heavy (non-hydrogen) atoms. The van der Waals surface area contributed by atoms with Gasteiger partial charge in [0.1, 0.15) is 11.5 Å². The molecule has 0 saturated carbocycles. The fraction of sp³-hybridized carbons (Fsp3) is 0.409. The van der Waals surface area contributed by atoms with Crippen molar-refractivity contribution in [2.75, 3.05) is 27.6 Å². The van der Waals surface area contributed by atoms with E-state index in [1.165, 1.54) is 14.2 Å². The maximum atomic E-state index is 13.4. The molecule has 0 aliphatic rings. The van der Waals surface area contributed by atoms with Gasteiger partial charge in [-0.05, 0) is 43.2 Å². The van der Waals surface area contributed by atoms with E-state index in [0.29, 0.717) is 22.6 Å². The molecule has 0 fully saturated rings. The minimum Gasteiger partial charge on any atom is -0.497 e. The summed E-state index contributed by atoms with van der Waals surface area (Å²) in [6.07, 6.45) is 1.69. The van der Waals surface area contributed by atoms with E-state index in [1.807, 2.05) is 13.8 Å². The Hall–Kier alpha value is -2.94. The van der Waals surface area contributed by atoms with Gasteiger partial charge in [0.2, 0.25) is 0 Å². The van der Waals surface area contributed by atoms with E-state index in [4.69, 9.17) is 18.4 Å². The topological polar surface area (TPSA) is 91.4 Å². The van der Waals surface area contributed by atoms with Gasteiger partial charge in [-0.1, -0.05) is 13.0 Å². The first-order chi connectivity index (χ1) is 14.6. The van der Waals surface area contributed by atoms with Gasteiger partial charge in [0.15, 0.2) is 11.5 Å². The van der Waals surface area contributed by atoms with E-state index in [1.54, 1.807) is 48.4 Å². The maximum absolute atomic E-state index is 13.4. The van der Waals surface area contributed by atoms with Crippen LogP contribution >= 0.6 is 0 Å². The lowest BCUT2D eigenvalue weighted by Gasteiger charge is -2.29. The Morgan fingerprint density at radius 3 is 2.19 bits per heavy atom. The van der Waals surface area contributed by atoms with Gasteiger partial charge in [-0.2, -0.15) is 8.42 Å². The Morgan fingerprint density at radius 1 is 0.968 bits per heavy atom. The standard InChI is InChI=1S/C22H29NO7S/c1-7-15(2)23(22(24)18-10-9-17(27-3)13-20(18)29-5)14-16-8-11-19(28-4)21(12-16)30-31(6,25)26/h8-13,15H,7,14H2,1-6H3. The van der Waals surface area contributed by atoms with Crippen LogP contribution in [-0.4, -0.2) is 52.9 Å². The highest BCUT2D eigenvalue weighted by Gasteiger charge is 2.25. The van der Waals surface area contributed by atoms with E-state index in [-0.39, 0.29) is 30.0 Å². The SMILES string of the molecule is CCC(C)N(Cc1ccc(OC)c(OS(C)(=O)=O)c1)C(=O)c1ccc(OC)cc1OC. The molecule has 0 bridgehead atoms. The number of rotatable bonds is 10.